The Labute approximate surface area is 130 Å². The van der Waals surface area contributed by atoms with Crippen LogP contribution in [-0.4, -0.2) is 30.6 Å². The molecule has 0 aromatic heterocycles. The minimum Gasteiger partial charge on any atom is -0.313 e. The van der Waals surface area contributed by atoms with E-state index in [1.165, 1.54) is 24.0 Å². The number of nitrogens with zero attached hydrogens (tertiary/aromatic N) is 1. The molecule has 0 heterocycles. The molecule has 1 aliphatic rings. The van der Waals surface area contributed by atoms with Crippen LogP contribution in [0.3, 0.4) is 0 Å². The molecule has 2 nitrogen and oxygen atoms in total. The zero-order valence-electron chi connectivity index (χ0n) is 14.4. The maximum atomic E-state index is 3.73. The van der Waals surface area contributed by atoms with E-state index in [1.54, 1.807) is 0 Å². The number of rotatable bonds is 5. The Kier molecular flexibility index (Phi) is 5.83. The second kappa shape index (κ2) is 7.42. The van der Waals surface area contributed by atoms with E-state index in [0.29, 0.717) is 12.1 Å². The first-order valence-corrected chi connectivity index (χ1v) is 8.50. The smallest absolute Gasteiger partial charge is 0.0275 e. The molecule has 4 unspecified atom stereocenters. The monoisotopic (exact) mass is 288 g/mol. The molecule has 1 aliphatic carbocycles. The molecule has 1 N–H and O–H groups in total. The van der Waals surface area contributed by atoms with Crippen molar-refractivity contribution in [3.8, 4) is 0 Å². The van der Waals surface area contributed by atoms with Gasteiger partial charge in [0.15, 0.2) is 0 Å². The van der Waals surface area contributed by atoms with Crippen LogP contribution in [0.2, 0.25) is 0 Å². The molecule has 1 fully saturated rings. The van der Waals surface area contributed by atoms with Crippen LogP contribution in [0.1, 0.15) is 44.7 Å². The lowest BCUT2D eigenvalue weighted by molar-refractivity contribution is 0.0761. The van der Waals surface area contributed by atoms with Crippen molar-refractivity contribution in [1.29, 1.82) is 0 Å². The minimum atomic E-state index is 0.628. The van der Waals surface area contributed by atoms with E-state index in [2.05, 4.69) is 69.2 Å². The third-order valence-corrected chi connectivity index (χ3v) is 4.92. The van der Waals surface area contributed by atoms with E-state index >= 15 is 0 Å². The van der Waals surface area contributed by atoms with E-state index in [9.17, 15) is 0 Å². The van der Waals surface area contributed by atoms with Crippen LogP contribution in [0.4, 0.5) is 0 Å². The third kappa shape index (κ3) is 4.31. The molecule has 1 aromatic rings. The van der Waals surface area contributed by atoms with Crippen LogP contribution in [0.15, 0.2) is 24.3 Å². The fraction of sp³-hybridized carbons (Fsp3) is 0.684. The number of likely N-dealkylation sites (N-methyl/N-ethyl adjacent to an activating group) is 2. The third-order valence-electron chi connectivity index (χ3n) is 4.92. The summed E-state index contributed by atoms with van der Waals surface area (Å²) in [6.07, 6.45) is 2.66. The maximum Gasteiger partial charge on any atom is 0.0275 e. The van der Waals surface area contributed by atoms with Crippen molar-refractivity contribution >= 4 is 0 Å². The molecule has 118 valence electrons. The predicted molar refractivity (Wildman–Crippen MR) is 91.5 cm³/mol. The second-order valence-corrected chi connectivity index (χ2v) is 7.11. The summed E-state index contributed by atoms with van der Waals surface area (Å²) in [6.45, 7) is 11.3. The lowest BCUT2D eigenvalue weighted by Gasteiger charge is -2.45. The van der Waals surface area contributed by atoms with Crippen molar-refractivity contribution in [3.05, 3.63) is 35.4 Å². The Balaban J connectivity index is 2.08. The maximum absolute atomic E-state index is 3.73. The highest BCUT2D eigenvalue weighted by Gasteiger charge is 2.35. The molecule has 2 rings (SSSR count). The number of nitrogens with one attached hydrogen (secondary N) is 1. The summed E-state index contributed by atoms with van der Waals surface area (Å²) in [5.41, 5.74) is 2.79. The summed E-state index contributed by atoms with van der Waals surface area (Å²) in [5, 5.41) is 3.73. The molecular weight excluding hydrogens is 256 g/mol. The molecule has 2 heteroatoms. The Hall–Kier alpha value is -0.860. The Morgan fingerprint density at radius 3 is 2.67 bits per heavy atom. The summed E-state index contributed by atoms with van der Waals surface area (Å²) in [6, 6.07) is 10.2. The summed E-state index contributed by atoms with van der Waals surface area (Å²) >= 11 is 0. The number of hydrogen-bond acceptors (Lipinski definition) is 2. The van der Waals surface area contributed by atoms with Crippen LogP contribution in [0.5, 0.6) is 0 Å². The number of benzene rings is 1. The highest BCUT2D eigenvalue weighted by molar-refractivity contribution is 5.22. The average Bonchev–Trinajstić information content (AvgIpc) is 2.38. The van der Waals surface area contributed by atoms with Crippen molar-refractivity contribution in [2.75, 3.05) is 13.6 Å². The Morgan fingerprint density at radius 1 is 1.24 bits per heavy atom. The SMILES string of the molecule is CCNC1CC(C)CC(C)C1N(C)Cc1cccc(C)c1. The first-order chi connectivity index (χ1) is 10.0. The van der Waals surface area contributed by atoms with Gasteiger partial charge in [-0.2, -0.15) is 0 Å². The molecule has 0 amide bonds. The molecule has 21 heavy (non-hydrogen) atoms. The lowest BCUT2D eigenvalue weighted by atomic mass is 9.76. The largest absolute Gasteiger partial charge is 0.313 e. The van der Waals surface area contributed by atoms with Crippen LogP contribution in [0.25, 0.3) is 0 Å². The molecule has 4 atom stereocenters. The van der Waals surface area contributed by atoms with Crippen molar-refractivity contribution in [2.45, 2.75) is 59.2 Å². The van der Waals surface area contributed by atoms with E-state index in [4.69, 9.17) is 0 Å². The van der Waals surface area contributed by atoms with Crippen molar-refractivity contribution in [3.63, 3.8) is 0 Å². The summed E-state index contributed by atoms with van der Waals surface area (Å²) in [5.74, 6) is 1.60. The molecular formula is C19H32N2. The van der Waals surface area contributed by atoms with E-state index < -0.39 is 0 Å². The standard InChI is InChI=1S/C19H32N2/c1-6-20-18-12-15(3)10-16(4)19(18)21(5)13-17-9-7-8-14(2)11-17/h7-9,11,15-16,18-20H,6,10,12-13H2,1-5H3. The van der Waals surface area contributed by atoms with E-state index in [0.717, 1.165) is 24.9 Å². The van der Waals surface area contributed by atoms with Gasteiger partial charge in [0, 0.05) is 18.6 Å². The summed E-state index contributed by atoms with van der Waals surface area (Å²) in [4.78, 5) is 2.57. The second-order valence-electron chi connectivity index (χ2n) is 7.11. The molecule has 0 bridgehead atoms. The minimum absolute atomic E-state index is 0.628. The van der Waals surface area contributed by atoms with E-state index in [1.807, 2.05) is 0 Å². The van der Waals surface area contributed by atoms with Gasteiger partial charge in [-0.3, -0.25) is 4.90 Å². The molecule has 0 spiro atoms. The lowest BCUT2D eigenvalue weighted by Crippen LogP contribution is -2.55. The van der Waals surface area contributed by atoms with Crippen molar-refractivity contribution in [1.82, 2.24) is 10.2 Å². The molecule has 1 aromatic carbocycles. The van der Waals surface area contributed by atoms with Crippen LogP contribution < -0.4 is 5.32 Å². The number of hydrogen-bond donors (Lipinski definition) is 1. The van der Waals surface area contributed by atoms with Gasteiger partial charge in [0.2, 0.25) is 0 Å². The van der Waals surface area contributed by atoms with Gasteiger partial charge < -0.3 is 5.32 Å². The van der Waals surface area contributed by atoms with Gasteiger partial charge in [-0.05, 0) is 50.8 Å². The molecule has 0 radical (unpaired) electrons. The Bertz CT molecular complexity index is 443. The molecule has 1 saturated carbocycles. The molecule has 0 aliphatic heterocycles. The summed E-state index contributed by atoms with van der Waals surface area (Å²) in [7, 11) is 2.30. The quantitative estimate of drug-likeness (QED) is 0.885. The summed E-state index contributed by atoms with van der Waals surface area (Å²) < 4.78 is 0. The fourth-order valence-electron chi connectivity index (χ4n) is 4.25. The van der Waals surface area contributed by atoms with Gasteiger partial charge in [-0.25, -0.2) is 0 Å². The zero-order chi connectivity index (χ0) is 15.4. The first-order valence-electron chi connectivity index (χ1n) is 8.50. The van der Waals surface area contributed by atoms with Crippen LogP contribution >= 0.6 is 0 Å². The van der Waals surface area contributed by atoms with Crippen molar-refractivity contribution in [2.24, 2.45) is 11.8 Å². The fourth-order valence-corrected chi connectivity index (χ4v) is 4.25. The van der Waals surface area contributed by atoms with E-state index in [-0.39, 0.29) is 0 Å². The van der Waals surface area contributed by atoms with Gasteiger partial charge >= 0.3 is 0 Å². The predicted octanol–water partition coefficient (Wildman–Crippen LogP) is 3.84. The van der Waals surface area contributed by atoms with Gasteiger partial charge in [-0.15, -0.1) is 0 Å². The molecule has 0 saturated heterocycles. The highest BCUT2D eigenvalue weighted by atomic mass is 15.2. The van der Waals surface area contributed by atoms with Crippen LogP contribution in [-0.2, 0) is 6.54 Å². The first kappa shape index (κ1) is 16.5. The van der Waals surface area contributed by atoms with Gasteiger partial charge in [0.25, 0.3) is 0 Å². The van der Waals surface area contributed by atoms with Gasteiger partial charge in [-0.1, -0.05) is 50.6 Å². The normalized spacial score (nSPS) is 29.8. The van der Waals surface area contributed by atoms with Gasteiger partial charge in [0.05, 0.1) is 0 Å². The van der Waals surface area contributed by atoms with Gasteiger partial charge in [0.1, 0.15) is 0 Å². The van der Waals surface area contributed by atoms with Crippen molar-refractivity contribution < 1.29 is 0 Å². The topological polar surface area (TPSA) is 15.3 Å². The zero-order valence-corrected chi connectivity index (χ0v) is 14.4. The Morgan fingerprint density at radius 2 is 2.00 bits per heavy atom. The van der Waals surface area contributed by atoms with Crippen LogP contribution in [0, 0.1) is 18.8 Å². The highest BCUT2D eigenvalue weighted by Crippen LogP contribution is 2.32. The average molecular weight is 288 g/mol. The number of aryl methyl sites for hydroxylation is 1.